The van der Waals surface area contributed by atoms with Crippen LogP contribution in [0.1, 0.15) is 6.92 Å². The van der Waals surface area contributed by atoms with Crippen molar-refractivity contribution >= 4 is 34.2 Å². The third-order valence-corrected chi connectivity index (χ3v) is 2.76. The summed E-state index contributed by atoms with van der Waals surface area (Å²) in [5, 5.41) is 0. The quantitative estimate of drug-likeness (QED) is 0.457. The average Bonchev–Trinajstić information content (AvgIpc) is 2.36. The Balaban J connectivity index is 2.59. The molecule has 2 nitrogen and oxygen atoms in total. The van der Waals surface area contributed by atoms with E-state index in [0.717, 1.165) is 12.3 Å². The molecule has 11 heavy (non-hydrogen) atoms. The van der Waals surface area contributed by atoms with Gasteiger partial charge in [-0.15, -0.1) is 0 Å². The van der Waals surface area contributed by atoms with E-state index in [1.54, 1.807) is 22.7 Å². The third-order valence-electron chi connectivity index (χ3n) is 1.34. The van der Waals surface area contributed by atoms with Crippen molar-refractivity contribution in [1.82, 2.24) is 4.90 Å². The van der Waals surface area contributed by atoms with Crippen LogP contribution < -0.4 is 0 Å². The second-order valence-electron chi connectivity index (χ2n) is 2.10. The molecule has 1 amide bonds. The molecule has 1 saturated heterocycles. The summed E-state index contributed by atoms with van der Waals surface area (Å²) in [7, 11) is 0. The minimum atomic E-state index is 0.00231. The highest BCUT2D eigenvalue weighted by Crippen LogP contribution is 2.17. The maximum Gasteiger partial charge on any atom is 0.251 e. The zero-order valence-corrected chi connectivity index (χ0v) is 7.87. The first-order chi connectivity index (χ1) is 5.25. The van der Waals surface area contributed by atoms with Gasteiger partial charge in [0.05, 0.1) is 0 Å². The molecule has 1 rings (SSSR count). The fraction of sp³-hybridized carbons (Fsp3) is 0.429. The molecule has 0 spiro atoms. The van der Waals surface area contributed by atoms with Crippen LogP contribution in [0.5, 0.6) is 0 Å². The minimum Gasteiger partial charge on any atom is -0.293 e. The van der Waals surface area contributed by atoms with Crippen LogP contribution in [-0.4, -0.2) is 27.4 Å². The van der Waals surface area contributed by atoms with Gasteiger partial charge >= 0.3 is 0 Å². The Morgan fingerprint density at radius 1 is 1.82 bits per heavy atom. The molecule has 60 valence electrons. The van der Waals surface area contributed by atoms with Crippen LogP contribution >= 0.6 is 24.0 Å². The van der Waals surface area contributed by atoms with Crippen LogP contribution in [0.15, 0.2) is 12.2 Å². The summed E-state index contributed by atoms with van der Waals surface area (Å²) >= 11 is 6.53. The maximum absolute atomic E-state index is 11.2. The second kappa shape index (κ2) is 3.88. The molecule has 0 atom stereocenters. The van der Waals surface area contributed by atoms with Gasteiger partial charge in [0.25, 0.3) is 5.91 Å². The first-order valence-corrected chi connectivity index (χ1v) is 4.76. The number of carbonyl (C=O) groups is 1. The third kappa shape index (κ3) is 2.04. The summed E-state index contributed by atoms with van der Waals surface area (Å²) in [5.41, 5.74) is 0. The van der Waals surface area contributed by atoms with Gasteiger partial charge in [0, 0.05) is 12.3 Å². The van der Waals surface area contributed by atoms with Crippen molar-refractivity contribution in [3.8, 4) is 0 Å². The van der Waals surface area contributed by atoms with Crippen LogP contribution in [-0.2, 0) is 4.79 Å². The number of thiocarbonyl (C=S) groups is 1. The summed E-state index contributed by atoms with van der Waals surface area (Å²) in [4.78, 5) is 12.8. The van der Waals surface area contributed by atoms with E-state index in [1.807, 2.05) is 6.92 Å². The minimum absolute atomic E-state index is 0.00231. The molecule has 0 saturated carbocycles. The Labute approximate surface area is 75.6 Å². The molecule has 1 aliphatic rings. The van der Waals surface area contributed by atoms with E-state index < -0.39 is 0 Å². The highest BCUT2D eigenvalue weighted by Gasteiger charge is 2.21. The molecule has 1 aliphatic heterocycles. The lowest BCUT2D eigenvalue weighted by atomic mass is 10.4. The van der Waals surface area contributed by atoms with Crippen LogP contribution in [0.4, 0.5) is 0 Å². The molecule has 4 heteroatoms. The van der Waals surface area contributed by atoms with Gasteiger partial charge in [0.1, 0.15) is 4.32 Å². The largest absolute Gasteiger partial charge is 0.293 e. The van der Waals surface area contributed by atoms with Gasteiger partial charge in [-0.05, 0) is 13.0 Å². The highest BCUT2D eigenvalue weighted by atomic mass is 32.2. The smallest absolute Gasteiger partial charge is 0.251 e. The van der Waals surface area contributed by atoms with Crippen molar-refractivity contribution < 1.29 is 4.79 Å². The first kappa shape index (κ1) is 8.74. The molecule has 0 radical (unpaired) electrons. The molecule has 0 aromatic heterocycles. The number of carbonyl (C=O) groups excluding carboxylic acids is 1. The van der Waals surface area contributed by atoms with Crippen molar-refractivity contribution in [2.45, 2.75) is 6.92 Å². The summed E-state index contributed by atoms with van der Waals surface area (Å²) < 4.78 is 0.702. The Morgan fingerprint density at radius 2 is 2.55 bits per heavy atom. The lowest BCUT2D eigenvalue weighted by molar-refractivity contribution is -0.121. The van der Waals surface area contributed by atoms with Crippen molar-refractivity contribution in [1.29, 1.82) is 0 Å². The molecule has 0 aromatic rings. The number of allylic oxidation sites excluding steroid dienone is 1. The zero-order valence-electron chi connectivity index (χ0n) is 6.24. The summed E-state index contributed by atoms with van der Waals surface area (Å²) in [6, 6.07) is 0. The highest BCUT2D eigenvalue weighted by molar-refractivity contribution is 8.23. The predicted octanol–water partition coefficient (Wildman–Crippen LogP) is 1.42. The standard InChI is InChI=1S/C7H9NOS2/c1-2-3-6(9)8-4-5-11-7(8)10/h2-3H,4-5H2,1H3. The number of thioether (sulfide) groups is 1. The van der Waals surface area contributed by atoms with E-state index in [0.29, 0.717) is 4.32 Å². The van der Waals surface area contributed by atoms with Crippen LogP contribution in [0, 0.1) is 0 Å². The number of nitrogens with zero attached hydrogens (tertiary/aromatic N) is 1. The Hall–Kier alpha value is -0.350. The van der Waals surface area contributed by atoms with Crippen molar-refractivity contribution in [2.24, 2.45) is 0 Å². The van der Waals surface area contributed by atoms with Crippen molar-refractivity contribution in [2.75, 3.05) is 12.3 Å². The van der Waals surface area contributed by atoms with Crippen molar-refractivity contribution in [3.63, 3.8) is 0 Å². The normalized spacial score (nSPS) is 18.3. The number of amides is 1. The summed E-state index contributed by atoms with van der Waals surface area (Å²) in [6.45, 7) is 2.58. The van der Waals surface area contributed by atoms with E-state index >= 15 is 0 Å². The molecule has 0 aliphatic carbocycles. The summed E-state index contributed by atoms with van der Waals surface area (Å²) in [5.74, 6) is 0.935. The Kier molecular flexibility index (Phi) is 3.08. The van der Waals surface area contributed by atoms with Crippen molar-refractivity contribution in [3.05, 3.63) is 12.2 Å². The van der Waals surface area contributed by atoms with E-state index in [-0.39, 0.29) is 5.91 Å². The van der Waals surface area contributed by atoms with Gasteiger partial charge < -0.3 is 0 Å². The number of hydrogen-bond acceptors (Lipinski definition) is 3. The van der Waals surface area contributed by atoms with E-state index in [9.17, 15) is 4.79 Å². The second-order valence-corrected chi connectivity index (χ2v) is 3.83. The number of hydrogen-bond donors (Lipinski definition) is 0. The molecule has 0 aromatic carbocycles. The van der Waals surface area contributed by atoms with Gasteiger partial charge in [-0.3, -0.25) is 9.69 Å². The lowest BCUT2D eigenvalue weighted by Gasteiger charge is -2.10. The fourth-order valence-corrected chi connectivity index (χ4v) is 2.04. The van der Waals surface area contributed by atoms with Gasteiger partial charge in [-0.25, -0.2) is 0 Å². The molecule has 0 bridgehead atoms. The molecule has 1 heterocycles. The van der Waals surface area contributed by atoms with E-state index in [2.05, 4.69) is 0 Å². The molecule has 1 fully saturated rings. The zero-order chi connectivity index (χ0) is 8.27. The van der Waals surface area contributed by atoms with Crippen LogP contribution in [0.2, 0.25) is 0 Å². The predicted molar refractivity (Wildman–Crippen MR) is 51.6 cm³/mol. The SMILES string of the molecule is CC=CC(=O)N1CCSC1=S. The maximum atomic E-state index is 11.2. The average molecular weight is 187 g/mol. The first-order valence-electron chi connectivity index (χ1n) is 3.36. The lowest BCUT2D eigenvalue weighted by Crippen LogP contribution is -2.28. The summed E-state index contributed by atoms with van der Waals surface area (Å²) in [6.07, 6.45) is 3.27. The molecule has 0 unspecified atom stereocenters. The number of rotatable bonds is 1. The Morgan fingerprint density at radius 3 is 3.00 bits per heavy atom. The van der Waals surface area contributed by atoms with E-state index in [4.69, 9.17) is 12.2 Å². The van der Waals surface area contributed by atoms with Gasteiger partial charge in [-0.2, -0.15) is 0 Å². The van der Waals surface area contributed by atoms with Crippen LogP contribution in [0.3, 0.4) is 0 Å². The van der Waals surface area contributed by atoms with Gasteiger partial charge in [0.15, 0.2) is 0 Å². The monoisotopic (exact) mass is 187 g/mol. The topological polar surface area (TPSA) is 20.3 Å². The Bertz CT molecular complexity index is 212. The molecular weight excluding hydrogens is 178 g/mol. The van der Waals surface area contributed by atoms with Gasteiger partial charge in [-0.1, -0.05) is 30.1 Å². The van der Waals surface area contributed by atoms with Crippen LogP contribution in [0.25, 0.3) is 0 Å². The van der Waals surface area contributed by atoms with Gasteiger partial charge in [0.2, 0.25) is 0 Å². The molecule has 0 N–H and O–H groups in total. The van der Waals surface area contributed by atoms with E-state index in [1.165, 1.54) is 6.08 Å². The fourth-order valence-electron chi connectivity index (χ4n) is 0.826. The molecular formula is C7H9NOS2.